The lowest BCUT2D eigenvalue weighted by Crippen LogP contribution is -2.12. The van der Waals surface area contributed by atoms with E-state index < -0.39 is 5.97 Å². The van der Waals surface area contributed by atoms with E-state index in [0.717, 1.165) is 31.3 Å². The molecule has 1 aromatic heterocycles. The van der Waals surface area contributed by atoms with Crippen molar-refractivity contribution in [2.24, 2.45) is 5.41 Å². The Morgan fingerprint density at radius 2 is 2.21 bits per heavy atom. The average Bonchev–Trinajstić information content (AvgIpc) is 3.02. The summed E-state index contributed by atoms with van der Waals surface area (Å²) in [5, 5.41) is 18.2. The SMILES string of the molecule is O=C(O)c1cccc2c1ncn2CC1(CCO)CC1. The second-order valence-corrected chi connectivity index (χ2v) is 5.32. The van der Waals surface area contributed by atoms with Gasteiger partial charge in [-0.05, 0) is 36.8 Å². The van der Waals surface area contributed by atoms with Crippen LogP contribution in [0, 0.1) is 5.41 Å². The molecule has 0 radical (unpaired) electrons. The van der Waals surface area contributed by atoms with Crippen molar-refractivity contribution in [2.75, 3.05) is 6.61 Å². The van der Waals surface area contributed by atoms with Gasteiger partial charge in [-0.2, -0.15) is 0 Å². The molecule has 0 unspecified atom stereocenters. The first kappa shape index (κ1) is 12.2. The fourth-order valence-electron chi connectivity index (χ4n) is 2.65. The smallest absolute Gasteiger partial charge is 0.337 e. The van der Waals surface area contributed by atoms with Crippen LogP contribution in [0.1, 0.15) is 29.6 Å². The number of aromatic carboxylic acids is 1. The lowest BCUT2D eigenvalue weighted by Gasteiger charge is -2.14. The Hall–Kier alpha value is -1.88. The Morgan fingerprint density at radius 1 is 1.42 bits per heavy atom. The third-order valence-corrected chi connectivity index (χ3v) is 3.99. The number of benzene rings is 1. The number of nitrogens with zero attached hydrogens (tertiary/aromatic N) is 2. The van der Waals surface area contributed by atoms with Crippen molar-refractivity contribution in [1.29, 1.82) is 0 Å². The van der Waals surface area contributed by atoms with Gasteiger partial charge in [-0.3, -0.25) is 0 Å². The third-order valence-electron chi connectivity index (χ3n) is 3.99. The van der Waals surface area contributed by atoms with Gasteiger partial charge in [-0.1, -0.05) is 6.07 Å². The highest BCUT2D eigenvalue weighted by molar-refractivity contribution is 6.00. The molecule has 19 heavy (non-hydrogen) atoms. The molecule has 3 rings (SSSR count). The zero-order valence-corrected chi connectivity index (χ0v) is 10.5. The standard InChI is InChI=1S/C14H16N2O3/c17-7-6-14(4-5-14)8-16-9-15-12-10(13(18)19)2-1-3-11(12)16/h1-3,9,17H,4-8H2,(H,18,19). The maximum atomic E-state index is 11.1. The van der Waals surface area contributed by atoms with Gasteiger partial charge in [0.05, 0.1) is 17.4 Å². The van der Waals surface area contributed by atoms with E-state index in [1.54, 1.807) is 18.5 Å². The van der Waals surface area contributed by atoms with Crippen LogP contribution >= 0.6 is 0 Å². The molecule has 0 spiro atoms. The number of hydrogen-bond donors (Lipinski definition) is 2. The Balaban J connectivity index is 1.97. The molecule has 1 aliphatic rings. The summed E-state index contributed by atoms with van der Waals surface area (Å²) in [6.07, 6.45) is 4.73. The second-order valence-electron chi connectivity index (χ2n) is 5.32. The fraction of sp³-hybridized carbons (Fsp3) is 0.429. The molecule has 0 saturated heterocycles. The van der Waals surface area contributed by atoms with Crippen LogP contribution in [-0.4, -0.2) is 32.3 Å². The number of aliphatic hydroxyl groups is 1. The molecule has 1 aromatic carbocycles. The van der Waals surface area contributed by atoms with E-state index in [-0.39, 0.29) is 17.6 Å². The van der Waals surface area contributed by atoms with Gasteiger partial charge in [0.2, 0.25) is 0 Å². The highest BCUT2D eigenvalue weighted by atomic mass is 16.4. The van der Waals surface area contributed by atoms with Gasteiger partial charge in [-0.25, -0.2) is 9.78 Å². The molecule has 0 atom stereocenters. The predicted molar refractivity (Wildman–Crippen MR) is 70.1 cm³/mol. The minimum atomic E-state index is -0.952. The van der Waals surface area contributed by atoms with E-state index in [1.165, 1.54) is 0 Å². The monoisotopic (exact) mass is 260 g/mol. The number of hydrogen-bond acceptors (Lipinski definition) is 3. The second kappa shape index (κ2) is 4.35. The minimum Gasteiger partial charge on any atom is -0.478 e. The van der Waals surface area contributed by atoms with Gasteiger partial charge in [0.25, 0.3) is 0 Å². The average molecular weight is 260 g/mol. The molecule has 2 aromatic rings. The Kier molecular flexibility index (Phi) is 2.78. The summed E-state index contributed by atoms with van der Waals surface area (Å²) in [4.78, 5) is 15.4. The molecule has 0 amide bonds. The summed E-state index contributed by atoms with van der Waals surface area (Å²) in [5.41, 5.74) is 1.81. The van der Waals surface area contributed by atoms with Gasteiger partial charge in [0.1, 0.15) is 5.52 Å². The summed E-state index contributed by atoms with van der Waals surface area (Å²) in [6, 6.07) is 5.21. The molecule has 1 heterocycles. The van der Waals surface area contributed by atoms with Crippen molar-refractivity contribution in [2.45, 2.75) is 25.8 Å². The number of carboxylic acid groups (broad SMARTS) is 1. The maximum absolute atomic E-state index is 11.1. The van der Waals surface area contributed by atoms with Crippen LogP contribution in [0.3, 0.4) is 0 Å². The number of para-hydroxylation sites is 1. The number of carbonyl (C=O) groups is 1. The van der Waals surface area contributed by atoms with Gasteiger partial charge < -0.3 is 14.8 Å². The molecule has 5 nitrogen and oxygen atoms in total. The molecule has 2 N–H and O–H groups in total. The highest BCUT2D eigenvalue weighted by Crippen LogP contribution is 2.50. The molecule has 0 aliphatic heterocycles. The van der Waals surface area contributed by atoms with Crippen molar-refractivity contribution < 1.29 is 15.0 Å². The predicted octanol–water partition coefficient (Wildman–Crippen LogP) is 1.90. The molecule has 0 bridgehead atoms. The summed E-state index contributed by atoms with van der Waals surface area (Å²) in [5.74, 6) is -0.952. The van der Waals surface area contributed by atoms with Crippen molar-refractivity contribution in [3.63, 3.8) is 0 Å². The highest BCUT2D eigenvalue weighted by Gasteiger charge is 2.42. The molecule has 5 heteroatoms. The molecule has 1 aliphatic carbocycles. The first-order chi connectivity index (χ1) is 9.15. The van der Waals surface area contributed by atoms with Crippen LogP contribution in [0.15, 0.2) is 24.5 Å². The van der Waals surface area contributed by atoms with E-state index in [9.17, 15) is 4.79 Å². The lowest BCUT2D eigenvalue weighted by molar-refractivity contribution is 0.0699. The lowest BCUT2D eigenvalue weighted by atomic mass is 10.0. The summed E-state index contributed by atoms with van der Waals surface area (Å²) in [7, 11) is 0. The van der Waals surface area contributed by atoms with Gasteiger partial charge in [0.15, 0.2) is 0 Å². The maximum Gasteiger partial charge on any atom is 0.337 e. The Labute approximate surface area is 110 Å². The largest absolute Gasteiger partial charge is 0.478 e. The zero-order valence-electron chi connectivity index (χ0n) is 10.5. The van der Waals surface area contributed by atoms with Gasteiger partial charge in [0, 0.05) is 13.2 Å². The normalized spacial score (nSPS) is 16.7. The number of fused-ring (bicyclic) bond motifs is 1. The van der Waals surface area contributed by atoms with Crippen LogP contribution in [0.2, 0.25) is 0 Å². The number of rotatable bonds is 5. The summed E-state index contributed by atoms with van der Waals surface area (Å²) >= 11 is 0. The van der Waals surface area contributed by atoms with Crippen molar-refractivity contribution in [1.82, 2.24) is 9.55 Å². The third kappa shape index (κ3) is 2.10. The Bertz CT molecular complexity index is 629. The van der Waals surface area contributed by atoms with Crippen LogP contribution < -0.4 is 0 Å². The zero-order chi connectivity index (χ0) is 13.5. The van der Waals surface area contributed by atoms with Crippen LogP contribution in [0.25, 0.3) is 11.0 Å². The van der Waals surface area contributed by atoms with E-state index in [4.69, 9.17) is 10.2 Å². The molecule has 1 saturated carbocycles. The number of imidazole rings is 1. The summed E-state index contributed by atoms with van der Waals surface area (Å²) in [6.45, 7) is 1.00. The molecule has 1 fully saturated rings. The van der Waals surface area contributed by atoms with Crippen LogP contribution in [0.5, 0.6) is 0 Å². The fourth-order valence-corrected chi connectivity index (χ4v) is 2.65. The number of carboxylic acids is 1. The minimum absolute atomic E-state index is 0.182. The molecular weight excluding hydrogens is 244 g/mol. The van der Waals surface area contributed by atoms with E-state index in [1.807, 2.05) is 10.6 Å². The van der Waals surface area contributed by atoms with E-state index in [0.29, 0.717) is 5.52 Å². The van der Waals surface area contributed by atoms with E-state index >= 15 is 0 Å². The number of aromatic nitrogens is 2. The first-order valence-electron chi connectivity index (χ1n) is 6.43. The van der Waals surface area contributed by atoms with Crippen LogP contribution in [-0.2, 0) is 6.54 Å². The van der Waals surface area contributed by atoms with Crippen LogP contribution in [0.4, 0.5) is 0 Å². The summed E-state index contributed by atoms with van der Waals surface area (Å²) < 4.78 is 2.00. The van der Waals surface area contributed by atoms with Gasteiger partial charge >= 0.3 is 5.97 Å². The van der Waals surface area contributed by atoms with E-state index in [2.05, 4.69) is 4.98 Å². The number of aliphatic hydroxyl groups excluding tert-OH is 1. The quantitative estimate of drug-likeness (QED) is 0.861. The van der Waals surface area contributed by atoms with Crippen molar-refractivity contribution in [3.8, 4) is 0 Å². The molecule has 100 valence electrons. The first-order valence-corrected chi connectivity index (χ1v) is 6.43. The Morgan fingerprint density at radius 3 is 2.84 bits per heavy atom. The van der Waals surface area contributed by atoms with Gasteiger partial charge in [-0.15, -0.1) is 0 Å². The van der Waals surface area contributed by atoms with Crippen molar-refractivity contribution in [3.05, 3.63) is 30.1 Å². The van der Waals surface area contributed by atoms with Crippen molar-refractivity contribution >= 4 is 17.0 Å². The topological polar surface area (TPSA) is 75.3 Å². The molecular formula is C14H16N2O3.